The molecule has 1 unspecified atom stereocenters. The van der Waals surface area contributed by atoms with E-state index < -0.39 is 0 Å². The van der Waals surface area contributed by atoms with Crippen molar-refractivity contribution in [3.63, 3.8) is 0 Å². The molecule has 2 nitrogen and oxygen atoms in total. The van der Waals surface area contributed by atoms with E-state index >= 15 is 0 Å². The number of rotatable bonds is 8. The summed E-state index contributed by atoms with van der Waals surface area (Å²) in [4.78, 5) is 0. The predicted octanol–water partition coefficient (Wildman–Crippen LogP) is 3.93. The fourth-order valence-corrected chi connectivity index (χ4v) is 1.77. The van der Waals surface area contributed by atoms with E-state index in [0.717, 1.165) is 25.9 Å². The molecule has 0 aliphatic carbocycles. The second kappa shape index (κ2) is 7.55. The maximum Gasteiger partial charge on any atom is 0.0956 e. The molecule has 1 aromatic carbocycles. The highest BCUT2D eigenvalue weighted by atomic mass is 16.5. The Kier molecular flexibility index (Phi) is 6.37. The van der Waals surface area contributed by atoms with Crippen LogP contribution in [-0.2, 0) is 4.74 Å². The van der Waals surface area contributed by atoms with E-state index in [2.05, 4.69) is 57.3 Å². The Labute approximate surface area is 112 Å². The van der Waals surface area contributed by atoms with Crippen molar-refractivity contribution in [2.45, 2.75) is 52.2 Å². The molecule has 0 saturated carbocycles. The Hall–Kier alpha value is -0.860. The van der Waals surface area contributed by atoms with Crippen molar-refractivity contribution in [1.82, 2.24) is 5.32 Å². The van der Waals surface area contributed by atoms with Crippen molar-refractivity contribution in [1.29, 1.82) is 0 Å². The first-order chi connectivity index (χ1) is 8.59. The average Bonchev–Trinajstić information content (AvgIpc) is 2.39. The zero-order valence-electron chi connectivity index (χ0n) is 12.2. The van der Waals surface area contributed by atoms with Gasteiger partial charge < -0.3 is 10.1 Å². The van der Waals surface area contributed by atoms with E-state index in [0.29, 0.717) is 0 Å². The molecule has 0 aliphatic rings. The van der Waals surface area contributed by atoms with Crippen LogP contribution in [0.2, 0.25) is 0 Å². The van der Waals surface area contributed by atoms with E-state index in [1.807, 2.05) is 6.07 Å². The van der Waals surface area contributed by atoms with Crippen LogP contribution in [0.5, 0.6) is 0 Å². The van der Waals surface area contributed by atoms with Gasteiger partial charge in [0.1, 0.15) is 0 Å². The minimum atomic E-state index is -0.0750. The zero-order chi connectivity index (χ0) is 13.4. The molecule has 0 radical (unpaired) electrons. The lowest BCUT2D eigenvalue weighted by molar-refractivity contribution is -0.0743. The molecule has 0 heterocycles. The van der Waals surface area contributed by atoms with Gasteiger partial charge in [0.05, 0.1) is 11.7 Å². The monoisotopic (exact) mass is 249 g/mol. The summed E-state index contributed by atoms with van der Waals surface area (Å²) in [6.45, 7) is 10.6. The quantitative estimate of drug-likeness (QED) is 0.705. The third kappa shape index (κ3) is 5.19. The molecule has 0 fully saturated rings. The molecule has 1 N–H and O–H groups in total. The molecule has 0 spiro atoms. The van der Waals surface area contributed by atoms with E-state index in [1.54, 1.807) is 0 Å². The number of benzene rings is 1. The van der Waals surface area contributed by atoms with Crippen molar-refractivity contribution >= 4 is 0 Å². The van der Waals surface area contributed by atoms with Crippen LogP contribution < -0.4 is 5.32 Å². The molecule has 1 aromatic rings. The lowest BCUT2D eigenvalue weighted by Crippen LogP contribution is -2.32. The molecule has 2 heteroatoms. The Balaban J connectivity index is 2.69. The van der Waals surface area contributed by atoms with Crippen molar-refractivity contribution in [2.24, 2.45) is 0 Å². The van der Waals surface area contributed by atoms with Gasteiger partial charge in [0.15, 0.2) is 0 Å². The van der Waals surface area contributed by atoms with Gasteiger partial charge in [0.25, 0.3) is 0 Å². The van der Waals surface area contributed by atoms with Gasteiger partial charge in [-0.3, -0.25) is 0 Å². The third-order valence-electron chi connectivity index (χ3n) is 3.24. The standard InChI is InChI=1S/C16H27NO/c1-5-12-17-13-15(18-16(3,4)6-2)14-10-8-7-9-11-14/h7-11,15,17H,5-6,12-13H2,1-4H3. The molecular weight excluding hydrogens is 222 g/mol. The summed E-state index contributed by atoms with van der Waals surface area (Å²) in [5.41, 5.74) is 1.18. The molecule has 0 amide bonds. The first kappa shape index (κ1) is 15.2. The number of nitrogens with one attached hydrogen (secondary N) is 1. The normalized spacial score (nSPS) is 13.6. The molecule has 0 bridgehead atoms. The van der Waals surface area contributed by atoms with Gasteiger partial charge in [-0.2, -0.15) is 0 Å². The maximum absolute atomic E-state index is 6.26. The van der Waals surface area contributed by atoms with Gasteiger partial charge in [-0.15, -0.1) is 0 Å². The number of hydrogen-bond acceptors (Lipinski definition) is 2. The van der Waals surface area contributed by atoms with E-state index in [4.69, 9.17) is 4.74 Å². The van der Waals surface area contributed by atoms with Gasteiger partial charge >= 0.3 is 0 Å². The summed E-state index contributed by atoms with van der Waals surface area (Å²) in [7, 11) is 0. The Morgan fingerprint density at radius 2 is 1.83 bits per heavy atom. The minimum absolute atomic E-state index is 0.0750. The largest absolute Gasteiger partial charge is 0.366 e. The van der Waals surface area contributed by atoms with Crippen LogP contribution in [0.1, 0.15) is 52.2 Å². The molecule has 0 aliphatic heterocycles. The van der Waals surface area contributed by atoms with Gasteiger partial charge in [0.2, 0.25) is 0 Å². The zero-order valence-corrected chi connectivity index (χ0v) is 12.2. The van der Waals surface area contributed by atoms with Gasteiger partial charge in [-0.25, -0.2) is 0 Å². The number of hydrogen-bond donors (Lipinski definition) is 1. The van der Waals surface area contributed by atoms with Crippen molar-refractivity contribution in [2.75, 3.05) is 13.1 Å². The minimum Gasteiger partial charge on any atom is -0.366 e. The van der Waals surface area contributed by atoms with Crippen LogP contribution in [0.4, 0.5) is 0 Å². The molecular formula is C16H27NO. The predicted molar refractivity (Wildman–Crippen MR) is 77.8 cm³/mol. The summed E-state index contributed by atoms with van der Waals surface area (Å²) in [5.74, 6) is 0. The summed E-state index contributed by atoms with van der Waals surface area (Å²) in [5, 5.41) is 3.46. The highest BCUT2D eigenvalue weighted by molar-refractivity contribution is 5.18. The van der Waals surface area contributed by atoms with Crippen LogP contribution >= 0.6 is 0 Å². The lowest BCUT2D eigenvalue weighted by Gasteiger charge is -2.30. The van der Waals surface area contributed by atoms with Crippen LogP contribution in [0.25, 0.3) is 0 Å². The second-order valence-corrected chi connectivity index (χ2v) is 5.33. The van der Waals surface area contributed by atoms with Crippen LogP contribution in [0.3, 0.4) is 0 Å². The first-order valence-corrected chi connectivity index (χ1v) is 7.02. The summed E-state index contributed by atoms with van der Waals surface area (Å²) in [6, 6.07) is 10.5. The highest BCUT2D eigenvalue weighted by Gasteiger charge is 2.22. The molecule has 102 valence electrons. The second-order valence-electron chi connectivity index (χ2n) is 5.33. The smallest absolute Gasteiger partial charge is 0.0956 e. The van der Waals surface area contributed by atoms with Crippen LogP contribution in [-0.4, -0.2) is 18.7 Å². The van der Waals surface area contributed by atoms with E-state index in [9.17, 15) is 0 Å². The summed E-state index contributed by atoms with van der Waals surface area (Å²) >= 11 is 0. The topological polar surface area (TPSA) is 21.3 Å². The van der Waals surface area contributed by atoms with Gasteiger partial charge in [0, 0.05) is 6.54 Å². The van der Waals surface area contributed by atoms with Crippen LogP contribution in [0.15, 0.2) is 30.3 Å². The van der Waals surface area contributed by atoms with Crippen molar-refractivity contribution in [3.05, 3.63) is 35.9 Å². The molecule has 0 aromatic heterocycles. The molecule has 0 saturated heterocycles. The fourth-order valence-electron chi connectivity index (χ4n) is 1.77. The van der Waals surface area contributed by atoms with E-state index in [1.165, 1.54) is 5.56 Å². The molecule has 1 rings (SSSR count). The third-order valence-corrected chi connectivity index (χ3v) is 3.24. The lowest BCUT2D eigenvalue weighted by atomic mass is 10.0. The van der Waals surface area contributed by atoms with E-state index in [-0.39, 0.29) is 11.7 Å². The summed E-state index contributed by atoms with van der Waals surface area (Å²) in [6.07, 6.45) is 2.30. The number of ether oxygens (including phenoxy) is 1. The first-order valence-electron chi connectivity index (χ1n) is 7.02. The molecule has 1 atom stereocenters. The summed E-state index contributed by atoms with van der Waals surface area (Å²) < 4.78 is 6.26. The maximum atomic E-state index is 6.26. The average molecular weight is 249 g/mol. The fraction of sp³-hybridized carbons (Fsp3) is 0.625. The van der Waals surface area contributed by atoms with Crippen LogP contribution in [0, 0.1) is 0 Å². The Bertz CT molecular complexity index is 321. The van der Waals surface area contributed by atoms with Gasteiger partial charge in [-0.05, 0) is 38.8 Å². The van der Waals surface area contributed by atoms with Crippen molar-refractivity contribution in [3.8, 4) is 0 Å². The Morgan fingerprint density at radius 1 is 1.17 bits per heavy atom. The van der Waals surface area contributed by atoms with Gasteiger partial charge in [-0.1, -0.05) is 44.2 Å². The van der Waals surface area contributed by atoms with Crippen molar-refractivity contribution < 1.29 is 4.74 Å². The SMILES string of the molecule is CCCNCC(OC(C)(C)CC)c1ccccc1. The highest BCUT2D eigenvalue weighted by Crippen LogP contribution is 2.25. The molecule has 18 heavy (non-hydrogen) atoms. The Morgan fingerprint density at radius 3 is 2.39 bits per heavy atom.